The van der Waals surface area contributed by atoms with Gasteiger partial charge in [-0.15, -0.1) is 0 Å². The van der Waals surface area contributed by atoms with Gasteiger partial charge in [-0.1, -0.05) is 12.1 Å². The summed E-state index contributed by atoms with van der Waals surface area (Å²) >= 11 is 0. The average Bonchev–Trinajstić information content (AvgIpc) is 2.36. The summed E-state index contributed by atoms with van der Waals surface area (Å²) in [6.45, 7) is 2.82. The van der Waals surface area contributed by atoms with Crippen LogP contribution in [0.4, 0.5) is 5.69 Å². The van der Waals surface area contributed by atoms with Crippen LogP contribution in [-0.2, 0) is 9.53 Å². The Balaban J connectivity index is 2.59. The number of carbonyl (C=O) groups excluding carboxylic acids is 1. The Morgan fingerprint density at radius 2 is 2.11 bits per heavy atom. The molecule has 0 aromatic heterocycles. The first-order valence-corrected chi connectivity index (χ1v) is 5.92. The molecule has 1 aromatic carbocycles. The van der Waals surface area contributed by atoms with E-state index in [-0.39, 0.29) is 5.91 Å². The average molecular weight is 252 g/mol. The van der Waals surface area contributed by atoms with Crippen molar-refractivity contribution in [3.8, 4) is 5.75 Å². The Morgan fingerprint density at radius 1 is 1.39 bits per heavy atom. The second-order valence-corrected chi connectivity index (χ2v) is 3.97. The first-order chi connectivity index (χ1) is 8.65. The highest BCUT2D eigenvalue weighted by atomic mass is 16.5. The van der Waals surface area contributed by atoms with Crippen LogP contribution in [0.2, 0.25) is 0 Å². The zero-order chi connectivity index (χ0) is 13.4. The van der Waals surface area contributed by atoms with Gasteiger partial charge in [-0.25, -0.2) is 0 Å². The van der Waals surface area contributed by atoms with Crippen molar-refractivity contribution in [2.45, 2.75) is 19.4 Å². The number of rotatable bonds is 7. The van der Waals surface area contributed by atoms with E-state index in [4.69, 9.17) is 15.2 Å². The fraction of sp³-hybridized carbons (Fsp3) is 0.462. The lowest BCUT2D eigenvalue weighted by molar-refractivity contribution is -0.117. The predicted octanol–water partition coefficient (Wildman–Crippen LogP) is 1.39. The minimum Gasteiger partial charge on any atom is -0.491 e. The lowest BCUT2D eigenvalue weighted by Gasteiger charge is -2.13. The molecule has 0 unspecified atom stereocenters. The molecule has 0 spiro atoms. The second kappa shape index (κ2) is 7.68. The van der Waals surface area contributed by atoms with Crippen molar-refractivity contribution in [3.05, 3.63) is 24.3 Å². The number of benzene rings is 1. The molecule has 1 aromatic rings. The molecule has 0 aliphatic rings. The molecule has 0 fully saturated rings. The smallest absolute Gasteiger partial charge is 0.241 e. The van der Waals surface area contributed by atoms with E-state index in [1.165, 1.54) is 0 Å². The molecular weight excluding hydrogens is 232 g/mol. The first kappa shape index (κ1) is 14.5. The third-order valence-electron chi connectivity index (χ3n) is 2.31. The maximum atomic E-state index is 11.5. The summed E-state index contributed by atoms with van der Waals surface area (Å²) in [7, 11) is 1.65. The molecule has 0 saturated heterocycles. The van der Waals surface area contributed by atoms with Gasteiger partial charge in [0.1, 0.15) is 5.75 Å². The monoisotopic (exact) mass is 252 g/mol. The topological polar surface area (TPSA) is 73.6 Å². The molecule has 3 N–H and O–H groups in total. The number of carbonyl (C=O) groups is 1. The van der Waals surface area contributed by atoms with Gasteiger partial charge in [-0.2, -0.15) is 0 Å². The molecule has 1 amide bonds. The second-order valence-electron chi connectivity index (χ2n) is 3.97. The molecule has 5 heteroatoms. The Morgan fingerprint density at radius 3 is 2.78 bits per heavy atom. The van der Waals surface area contributed by atoms with Crippen LogP contribution in [0.1, 0.15) is 13.3 Å². The number of nitrogens with one attached hydrogen (secondary N) is 1. The lowest BCUT2D eigenvalue weighted by Crippen LogP contribution is -2.32. The van der Waals surface area contributed by atoms with E-state index in [1.54, 1.807) is 20.1 Å². The summed E-state index contributed by atoms with van der Waals surface area (Å²) < 4.78 is 10.5. The largest absolute Gasteiger partial charge is 0.491 e. The molecule has 0 aliphatic heterocycles. The fourth-order valence-corrected chi connectivity index (χ4v) is 1.33. The van der Waals surface area contributed by atoms with Gasteiger partial charge < -0.3 is 20.5 Å². The highest BCUT2D eigenvalue weighted by Gasteiger charge is 2.10. The molecule has 18 heavy (non-hydrogen) atoms. The Bertz CT molecular complexity index is 380. The predicted molar refractivity (Wildman–Crippen MR) is 70.7 cm³/mol. The van der Waals surface area contributed by atoms with Crippen molar-refractivity contribution in [3.63, 3.8) is 0 Å². The van der Waals surface area contributed by atoms with Crippen LogP contribution < -0.4 is 15.8 Å². The third kappa shape index (κ3) is 4.73. The fourth-order valence-electron chi connectivity index (χ4n) is 1.33. The van der Waals surface area contributed by atoms with Gasteiger partial charge in [0.25, 0.3) is 0 Å². The van der Waals surface area contributed by atoms with E-state index in [9.17, 15) is 4.79 Å². The summed E-state index contributed by atoms with van der Waals surface area (Å²) in [5.74, 6) is 0.408. The molecule has 0 radical (unpaired) electrons. The van der Waals surface area contributed by atoms with Crippen molar-refractivity contribution in [1.82, 2.24) is 0 Å². The van der Waals surface area contributed by atoms with Crippen molar-refractivity contribution < 1.29 is 14.3 Å². The normalized spacial score (nSPS) is 11.9. The van der Waals surface area contributed by atoms with Crippen LogP contribution in [0.25, 0.3) is 0 Å². The van der Waals surface area contributed by atoms with E-state index in [1.807, 2.05) is 18.2 Å². The summed E-state index contributed by atoms with van der Waals surface area (Å²) in [5, 5.41) is 2.73. The number of amides is 1. The van der Waals surface area contributed by atoms with Crippen LogP contribution in [0, 0.1) is 0 Å². The summed E-state index contributed by atoms with van der Waals surface area (Å²) in [5.41, 5.74) is 6.14. The quantitative estimate of drug-likeness (QED) is 0.719. The zero-order valence-corrected chi connectivity index (χ0v) is 10.8. The van der Waals surface area contributed by atoms with E-state index < -0.39 is 6.04 Å². The standard InChI is InChI=1S/C13H20N2O3/c1-10(14)13(16)15-11-6-3-4-7-12(11)18-9-5-8-17-2/h3-4,6-7,10H,5,8-9,14H2,1-2H3,(H,15,16)/t10-/m0/s1. The number of hydrogen-bond donors (Lipinski definition) is 2. The number of ether oxygens (including phenoxy) is 2. The zero-order valence-electron chi connectivity index (χ0n) is 10.8. The van der Waals surface area contributed by atoms with Gasteiger partial charge in [0, 0.05) is 20.1 Å². The van der Waals surface area contributed by atoms with Crippen LogP contribution in [0.3, 0.4) is 0 Å². The van der Waals surface area contributed by atoms with Crippen molar-refractivity contribution >= 4 is 11.6 Å². The van der Waals surface area contributed by atoms with Crippen molar-refractivity contribution in [1.29, 1.82) is 0 Å². The highest BCUT2D eigenvalue weighted by Crippen LogP contribution is 2.23. The van der Waals surface area contributed by atoms with Gasteiger partial charge in [0.15, 0.2) is 0 Å². The van der Waals surface area contributed by atoms with Gasteiger partial charge >= 0.3 is 0 Å². The van der Waals surface area contributed by atoms with Crippen LogP contribution in [0.15, 0.2) is 24.3 Å². The molecule has 0 heterocycles. The van der Waals surface area contributed by atoms with E-state index in [0.717, 1.165) is 6.42 Å². The van der Waals surface area contributed by atoms with Gasteiger partial charge in [0.2, 0.25) is 5.91 Å². The molecule has 0 saturated carbocycles. The number of hydrogen-bond acceptors (Lipinski definition) is 4. The number of nitrogens with two attached hydrogens (primary N) is 1. The Labute approximate surface area is 107 Å². The van der Waals surface area contributed by atoms with Gasteiger partial charge in [0.05, 0.1) is 18.3 Å². The van der Waals surface area contributed by atoms with Gasteiger partial charge in [-0.3, -0.25) is 4.79 Å². The summed E-state index contributed by atoms with van der Waals surface area (Å²) in [6.07, 6.45) is 0.798. The number of anilines is 1. The van der Waals surface area contributed by atoms with Crippen LogP contribution in [0.5, 0.6) is 5.75 Å². The minimum atomic E-state index is -0.549. The molecule has 0 aliphatic carbocycles. The van der Waals surface area contributed by atoms with Crippen molar-refractivity contribution in [2.24, 2.45) is 5.73 Å². The first-order valence-electron chi connectivity index (χ1n) is 5.92. The minimum absolute atomic E-state index is 0.233. The van der Waals surface area contributed by atoms with Crippen LogP contribution >= 0.6 is 0 Å². The molecule has 100 valence electrons. The lowest BCUT2D eigenvalue weighted by atomic mass is 10.2. The van der Waals surface area contributed by atoms with E-state index in [2.05, 4.69) is 5.32 Å². The maximum Gasteiger partial charge on any atom is 0.241 e. The molecule has 1 atom stereocenters. The summed E-state index contributed by atoms with van der Waals surface area (Å²) in [4.78, 5) is 11.5. The Kier molecular flexibility index (Phi) is 6.18. The molecule has 0 bridgehead atoms. The molecule has 1 rings (SSSR count). The SMILES string of the molecule is COCCCOc1ccccc1NC(=O)[C@H](C)N. The number of methoxy groups -OCH3 is 1. The number of para-hydroxylation sites is 2. The van der Waals surface area contributed by atoms with Gasteiger partial charge in [-0.05, 0) is 19.1 Å². The molecule has 5 nitrogen and oxygen atoms in total. The Hall–Kier alpha value is -1.59. The third-order valence-corrected chi connectivity index (χ3v) is 2.31. The van der Waals surface area contributed by atoms with Crippen LogP contribution in [-0.4, -0.2) is 32.3 Å². The van der Waals surface area contributed by atoms with Crippen molar-refractivity contribution in [2.75, 3.05) is 25.6 Å². The maximum absolute atomic E-state index is 11.5. The highest BCUT2D eigenvalue weighted by molar-refractivity contribution is 5.95. The van der Waals surface area contributed by atoms with E-state index >= 15 is 0 Å². The summed E-state index contributed by atoms with van der Waals surface area (Å²) in [6, 6.07) is 6.73. The van der Waals surface area contributed by atoms with E-state index in [0.29, 0.717) is 24.7 Å². The molecular formula is C13H20N2O3.